The molecule has 0 bridgehead atoms. The van der Waals surface area contributed by atoms with Crippen molar-refractivity contribution in [1.82, 2.24) is 25.3 Å². The van der Waals surface area contributed by atoms with Crippen LogP contribution in [0.4, 0.5) is 0 Å². The molecule has 0 radical (unpaired) electrons. The van der Waals surface area contributed by atoms with Crippen LogP contribution >= 0.6 is 11.6 Å². The Morgan fingerprint density at radius 1 is 1.19 bits per heavy atom. The number of nitrogens with one attached hydrogen (secondary N) is 2. The summed E-state index contributed by atoms with van der Waals surface area (Å²) in [4.78, 5) is 12.1. The average molecular weight is 380 g/mol. The maximum atomic E-state index is 12.1. The molecule has 2 aromatic carbocycles. The monoisotopic (exact) mass is 379 g/mol. The van der Waals surface area contributed by atoms with Crippen molar-refractivity contribution in [2.24, 2.45) is 7.05 Å². The summed E-state index contributed by atoms with van der Waals surface area (Å²) in [6.45, 7) is 0.466. The molecule has 4 rings (SSSR count). The van der Waals surface area contributed by atoms with Gasteiger partial charge in [0.05, 0.1) is 18.1 Å². The van der Waals surface area contributed by atoms with E-state index in [2.05, 4.69) is 20.6 Å². The maximum absolute atomic E-state index is 12.1. The zero-order chi connectivity index (χ0) is 18.8. The Morgan fingerprint density at radius 2 is 2.00 bits per heavy atom. The first kappa shape index (κ1) is 17.3. The van der Waals surface area contributed by atoms with Crippen LogP contribution in [0.15, 0.2) is 54.9 Å². The molecule has 27 heavy (non-hydrogen) atoms. The predicted molar refractivity (Wildman–Crippen MR) is 105 cm³/mol. The van der Waals surface area contributed by atoms with Crippen LogP contribution in [-0.4, -0.2) is 25.9 Å². The van der Waals surface area contributed by atoms with Crippen molar-refractivity contribution in [3.63, 3.8) is 0 Å². The molecule has 2 heterocycles. The minimum atomic E-state index is -0.0287. The first-order valence-corrected chi connectivity index (χ1v) is 8.94. The van der Waals surface area contributed by atoms with Crippen molar-refractivity contribution in [1.29, 1.82) is 0 Å². The molecular weight excluding hydrogens is 362 g/mol. The van der Waals surface area contributed by atoms with Crippen molar-refractivity contribution >= 4 is 28.4 Å². The number of nitrogens with zero attached hydrogens (tertiary/aromatic N) is 3. The summed E-state index contributed by atoms with van der Waals surface area (Å²) >= 11 is 6.15. The van der Waals surface area contributed by atoms with Gasteiger partial charge in [0.2, 0.25) is 5.91 Å². The number of H-pyrrole nitrogens is 1. The molecule has 4 aromatic rings. The summed E-state index contributed by atoms with van der Waals surface area (Å²) in [6, 6.07) is 13.6. The number of aromatic amines is 1. The molecule has 0 aliphatic heterocycles. The average Bonchev–Trinajstić information content (AvgIpc) is 3.29. The lowest BCUT2D eigenvalue weighted by Gasteiger charge is -2.05. The van der Waals surface area contributed by atoms with Crippen molar-refractivity contribution in [3.05, 3.63) is 71.0 Å². The van der Waals surface area contributed by atoms with E-state index in [4.69, 9.17) is 11.6 Å². The number of fused-ring (bicyclic) bond motifs is 1. The number of benzene rings is 2. The highest BCUT2D eigenvalue weighted by Crippen LogP contribution is 2.29. The van der Waals surface area contributed by atoms with Gasteiger partial charge >= 0.3 is 0 Å². The molecule has 6 nitrogen and oxygen atoms in total. The van der Waals surface area contributed by atoms with E-state index in [1.807, 2.05) is 54.2 Å². The van der Waals surface area contributed by atoms with Gasteiger partial charge in [0.15, 0.2) is 0 Å². The molecule has 0 spiro atoms. The Morgan fingerprint density at radius 3 is 2.74 bits per heavy atom. The number of aryl methyl sites for hydroxylation is 1. The van der Waals surface area contributed by atoms with Gasteiger partial charge in [-0.25, -0.2) is 0 Å². The van der Waals surface area contributed by atoms with E-state index in [1.54, 1.807) is 12.4 Å². The number of amides is 1. The Labute approximate surface area is 161 Å². The molecule has 2 N–H and O–H groups in total. The summed E-state index contributed by atoms with van der Waals surface area (Å²) in [7, 11) is 1.92. The number of aromatic nitrogens is 4. The van der Waals surface area contributed by atoms with Crippen molar-refractivity contribution in [2.45, 2.75) is 13.0 Å². The number of hydrogen-bond acceptors (Lipinski definition) is 3. The second-order valence-electron chi connectivity index (χ2n) is 6.39. The van der Waals surface area contributed by atoms with Gasteiger partial charge in [-0.15, -0.1) is 0 Å². The predicted octanol–water partition coefficient (Wildman–Crippen LogP) is 3.48. The minimum absolute atomic E-state index is 0.0287. The van der Waals surface area contributed by atoms with Crippen molar-refractivity contribution < 1.29 is 4.79 Å². The van der Waals surface area contributed by atoms with Gasteiger partial charge in [0.25, 0.3) is 0 Å². The van der Waals surface area contributed by atoms with E-state index in [0.29, 0.717) is 18.0 Å². The highest BCUT2D eigenvalue weighted by Gasteiger charge is 2.12. The largest absolute Gasteiger partial charge is 0.352 e. The van der Waals surface area contributed by atoms with Gasteiger partial charge in [-0.1, -0.05) is 35.9 Å². The summed E-state index contributed by atoms with van der Waals surface area (Å²) in [5.74, 6) is -0.0287. The van der Waals surface area contributed by atoms with Crippen LogP contribution in [0.1, 0.15) is 11.1 Å². The molecule has 7 heteroatoms. The molecule has 0 atom stereocenters. The summed E-state index contributed by atoms with van der Waals surface area (Å²) in [5, 5.41) is 15.8. The van der Waals surface area contributed by atoms with Crippen molar-refractivity contribution in [2.75, 3.05) is 0 Å². The van der Waals surface area contributed by atoms with E-state index in [9.17, 15) is 4.79 Å². The number of rotatable bonds is 5. The Hall–Kier alpha value is -3.12. The van der Waals surface area contributed by atoms with Gasteiger partial charge in [0.1, 0.15) is 5.69 Å². The topological polar surface area (TPSA) is 75.6 Å². The van der Waals surface area contributed by atoms with Crippen LogP contribution < -0.4 is 5.32 Å². The second kappa shape index (κ2) is 7.25. The van der Waals surface area contributed by atoms with Crippen LogP contribution in [0.3, 0.4) is 0 Å². The Kier molecular flexibility index (Phi) is 4.64. The number of carbonyl (C=O) groups is 1. The first-order valence-electron chi connectivity index (χ1n) is 8.56. The second-order valence-corrected chi connectivity index (χ2v) is 6.83. The molecule has 0 aliphatic rings. The zero-order valence-electron chi connectivity index (χ0n) is 14.7. The first-order chi connectivity index (χ1) is 13.1. The zero-order valence-corrected chi connectivity index (χ0v) is 15.5. The SMILES string of the molecule is Cn1nc(-c2ccc(CC(=O)NCc3cn[nH]c3)cc2)c2cc(Cl)ccc21. The van der Waals surface area contributed by atoms with Crippen LogP contribution in [0, 0.1) is 0 Å². The van der Waals surface area contributed by atoms with Crippen molar-refractivity contribution in [3.8, 4) is 11.3 Å². The Bertz CT molecular complexity index is 1080. The summed E-state index contributed by atoms with van der Waals surface area (Å²) in [6.07, 6.45) is 3.78. The van der Waals surface area contributed by atoms with Gasteiger partial charge in [-0.05, 0) is 23.8 Å². The quantitative estimate of drug-likeness (QED) is 0.557. The van der Waals surface area contributed by atoms with E-state index >= 15 is 0 Å². The van der Waals surface area contributed by atoms with E-state index in [0.717, 1.165) is 33.3 Å². The molecule has 0 aliphatic carbocycles. The molecular formula is C20H18ClN5O. The molecule has 0 unspecified atom stereocenters. The van der Waals surface area contributed by atoms with Crippen LogP contribution in [0.2, 0.25) is 5.02 Å². The van der Waals surface area contributed by atoms with Crippen LogP contribution in [0.25, 0.3) is 22.2 Å². The Balaban J connectivity index is 1.49. The van der Waals surface area contributed by atoms with Gasteiger partial charge in [-0.2, -0.15) is 10.2 Å². The highest BCUT2D eigenvalue weighted by atomic mass is 35.5. The number of carbonyl (C=O) groups excluding carboxylic acids is 1. The number of halogens is 1. The fraction of sp³-hybridized carbons (Fsp3) is 0.150. The fourth-order valence-corrected chi connectivity index (χ4v) is 3.23. The normalized spacial score (nSPS) is 11.0. The lowest BCUT2D eigenvalue weighted by Crippen LogP contribution is -2.24. The standard InChI is InChI=1S/C20H18ClN5O/c1-26-18-7-6-16(21)9-17(18)20(25-26)15-4-2-13(3-5-15)8-19(27)22-10-14-11-23-24-12-14/h2-7,9,11-12H,8,10H2,1H3,(H,22,27)(H,23,24). The smallest absolute Gasteiger partial charge is 0.224 e. The van der Waals surface area contributed by atoms with Crippen LogP contribution in [0.5, 0.6) is 0 Å². The number of hydrogen-bond donors (Lipinski definition) is 2. The molecule has 1 amide bonds. The van der Waals surface area contributed by atoms with E-state index in [1.165, 1.54) is 0 Å². The third kappa shape index (κ3) is 3.71. The molecule has 136 valence electrons. The third-order valence-electron chi connectivity index (χ3n) is 4.45. The fourth-order valence-electron chi connectivity index (χ4n) is 3.05. The lowest BCUT2D eigenvalue weighted by molar-refractivity contribution is -0.120. The molecule has 0 fully saturated rings. The summed E-state index contributed by atoms with van der Waals surface area (Å²) in [5.41, 5.74) is 4.79. The van der Waals surface area contributed by atoms with Gasteiger partial charge < -0.3 is 5.32 Å². The maximum Gasteiger partial charge on any atom is 0.224 e. The minimum Gasteiger partial charge on any atom is -0.352 e. The molecule has 0 saturated heterocycles. The summed E-state index contributed by atoms with van der Waals surface area (Å²) < 4.78 is 1.85. The van der Waals surface area contributed by atoms with Gasteiger partial charge in [0, 0.05) is 41.3 Å². The molecule has 2 aromatic heterocycles. The highest BCUT2D eigenvalue weighted by molar-refractivity contribution is 6.31. The lowest BCUT2D eigenvalue weighted by atomic mass is 10.0. The van der Waals surface area contributed by atoms with Gasteiger partial charge in [-0.3, -0.25) is 14.6 Å². The van der Waals surface area contributed by atoms with Crippen LogP contribution in [-0.2, 0) is 24.8 Å². The van der Waals surface area contributed by atoms with E-state index in [-0.39, 0.29) is 5.91 Å². The molecule has 0 saturated carbocycles. The third-order valence-corrected chi connectivity index (χ3v) is 4.68. The van der Waals surface area contributed by atoms with E-state index < -0.39 is 0 Å².